The van der Waals surface area contributed by atoms with E-state index in [1.807, 2.05) is 20.6 Å². The van der Waals surface area contributed by atoms with E-state index in [1.54, 1.807) is 0 Å². The molecule has 0 aliphatic carbocycles. The molecule has 38 valence electrons. The van der Waals surface area contributed by atoms with Crippen LogP contribution in [0.4, 0.5) is 0 Å². The van der Waals surface area contributed by atoms with E-state index in [4.69, 9.17) is 4.79 Å². The summed E-state index contributed by atoms with van der Waals surface area (Å²) < 4.78 is 0. The van der Waals surface area contributed by atoms with Crippen LogP contribution in [0, 0.1) is 0 Å². The molecule has 6 heavy (non-hydrogen) atoms. The van der Waals surface area contributed by atoms with Crippen LogP contribution in [0.25, 0.3) is 0 Å². The summed E-state index contributed by atoms with van der Waals surface area (Å²) in [5.74, 6) is 0. The van der Waals surface area contributed by atoms with Crippen LogP contribution < -0.4 is 0 Å². The SMILES string of the molecule is C=O.CC(C)S. The van der Waals surface area contributed by atoms with Crippen molar-refractivity contribution in [3.8, 4) is 0 Å². The van der Waals surface area contributed by atoms with Gasteiger partial charge in [0.2, 0.25) is 0 Å². The van der Waals surface area contributed by atoms with Crippen LogP contribution >= 0.6 is 12.6 Å². The Kier molecular flexibility index (Phi) is 13.9. The lowest BCUT2D eigenvalue weighted by atomic mass is 10.6. The average Bonchev–Trinajstić information content (AvgIpc) is 1.41. The van der Waals surface area contributed by atoms with Crippen LogP contribution in [0.1, 0.15) is 13.8 Å². The minimum atomic E-state index is 0.528. The molecule has 0 bridgehead atoms. The van der Waals surface area contributed by atoms with E-state index in [2.05, 4.69) is 12.6 Å². The Morgan fingerprint density at radius 3 is 1.50 bits per heavy atom. The molecule has 0 N–H and O–H groups in total. The fourth-order valence-corrected chi connectivity index (χ4v) is 0. The topological polar surface area (TPSA) is 17.1 Å². The summed E-state index contributed by atoms with van der Waals surface area (Å²) in [5, 5.41) is 0.528. The Bertz CT molecular complexity index is 18.8. The Hall–Kier alpha value is 0.0200. The van der Waals surface area contributed by atoms with Gasteiger partial charge in [0.05, 0.1) is 0 Å². The van der Waals surface area contributed by atoms with Gasteiger partial charge in [-0.2, -0.15) is 12.6 Å². The smallest absolute Gasteiger partial charge is 0.106 e. The third-order valence-corrected chi connectivity index (χ3v) is 0. The van der Waals surface area contributed by atoms with Crippen molar-refractivity contribution in [3.05, 3.63) is 0 Å². The van der Waals surface area contributed by atoms with E-state index in [0.29, 0.717) is 5.25 Å². The van der Waals surface area contributed by atoms with Crippen molar-refractivity contribution in [2.45, 2.75) is 19.1 Å². The number of thiol groups is 1. The molecule has 2 heteroatoms. The van der Waals surface area contributed by atoms with Gasteiger partial charge in [-0.3, -0.25) is 0 Å². The third kappa shape index (κ3) is 91700. The monoisotopic (exact) mass is 106 g/mol. The molecule has 0 radical (unpaired) electrons. The summed E-state index contributed by atoms with van der Waals surface area (Å²) in [5.41, 5.74) is 0. The molecule has 0 aromatic carbocycles. The van der Waals surface area contributed by atoms with Crippen LogP contribution in [0.5, 0.6) is 0 Å². The highest BCUT2D eigenvalue weighted by molar-refractivity contribution is 7.80. The first kappa shape index (κ1) is 9.39. The van der Waals surface area contributed by atoms with Crippen molar-refractivity contribution in [1.29, 1.82) is 0 Å². The summed E-state index contributed by atoms with van der Waals surface area (Å²) in [6.07, 6.45) is 0. The molecule has 0 heterocycles. The van der Waals surface area contributed by atoms with Gasteiger partial charge in [0.15, 0.2) is 0 Å². The van der Waals surface area contributed by atoms with Crippen molar-refractivity contribution in [2.24, 2.45) is 0 Å². The normalized spacial score (nSPS) is 6.67. The van der Waals surface area contributed by atoms with Crippen LogP contribution in [-0.2, 0) is 4.79 Å². The first-order valence-electron chi connectivity index (χ1n) is 1.70. The minimum Gasteiger partial charge on any atom is -0.307 e. The van der Waals surface area contributed by atoms with Crippen LogP contribution in [0.2, 0.25) is 0 Å². The Labute approximate surface area is 44.2 Å². The summed E-state index contributed by atoms with van der Waals surface area (Å²) in [7, 11) is 0. The highest BCUT2D eigenvalue weighted by Crippen LogP contribution is 1.83. The molecule has 0 amide bonds. The van der Waals surface area contributed by atoms with Gasteiger partial charge < -0.3 is 4.79 Å². The number of carbonyl (C=O) groups is 1. The predicted octanol–water partition coefficient (Wildman–Crippen LogP) is 1.14. The zero-order valence-corrected chi connectivity index (χ0v) is 5.03. The minimum absolute atomic E-state index is 0.528. The van der Waals surface area contributed by atoms with Crippen molar-refractivity contribution < 1.29 is 4.79 Å². The van der Waals surface area contributed by atoms with Crippen molar-refractivity contribution in [2.75, 3.05) is 0 Å². The largest absolute Gasteiger partial charge is 0.307 e. The fourth-order valence-electron chi connectivity index (χ4n) is 0. The first-order chi connectivity index (χ1) is 2.73. The molecule has 1 nitrogen and oxygen atoms in total. The van der Waals surface area contributed by atoms with Gasteiger partial charge in [-0.05, 0) is 5.25 Å². The Morgan fingerprint density at radius 2 is 1.50 bits per heavy atom. The number of rotatable bonds is 0. The summed E-state index contributed by atoms with van der Waals surface area (Å²) in [6, 6.07) is 0. The zero-order chi connectivity index (χ0) is 5.58. The molecule has 0 spiro atoms. The second-order valence-corrected chi connectivity index (χ2v) is 2.13. The van der Waals surface area contributed by atoms with Crippen molar-refractivity contribution >= 4 is 19.4 Å². The lowest BCUT2D eigenvalue weighted by molar-refractivity contribution is -0.0979. The zero-order valence-electron chi connectivity index (χ0n) is 4.14. The molecule has 0 unspecified atom stereocenters. The molecule has 0 aliphatic heterocycles. The summed E-state index contributed by atoms with van der Waals surface area (Å²) in [6.45, 7) is 6.06. The molecular formula is C4H10OS. The van der Waals surface area contributed by atoms with E-state index in [9.17, 15) is 0 Å². The van der Waals surface area contributed by atoms with E-state index in [1.165, 1.54) is 0 Å². The summed E-state index contributed by atoms with van der Waals surface area (Å²) >= 11 is 3.97. The standard InChI is InChI=1S/C3H8S.CH2O/c1-3(2)4;1-2/h3-4H,1-2H3;1H2. The molecule has 0 atom stereocenters. The van der Waals surface area contributed by atoms with Crippen LogP contribution in [0.15, 0.2) is 0 Å². The Balaban J connectivity index is 0. The second-order valence-electron chi connectivity index (χ2n) is 1.09. The summed E-state index contributed by atoms with van der Waals surface area (Å²) in [4.78, 5) is 8.00. The highest BCUT2D eigenvalue weighted by Gasteiger charge is 1.69. The maximum absolute atomic E-state index is 8.00. The molecule has 0 aliphatic rings. The number of carbonyl (C=O) groups excluding carboxylic acids is 1. The maximum atomic E-state index is 8.00. The van der Waals surface area contributed by atoms with Gasteiger partial charge in [0.25, 0.3) is 0 Å². The van der Waals surface area contributed by atoms with Gasteiger partial charge in [-0.25, -0.2) is 0 Å². The molecular weight excluding hydrogens is 96.1 g/mol. The fraction of sp³-hybridized carbons (Fsp3) is 0.750. The van der Waals surface area contributed by atoms with Gasteiger partial charge in [0, 0.05) is 0 Å². The average molecular weight is 106 g/mol. The van der Waals surface area contributed by atoms with Crippen molar-refractivity contribution in [3.63, 3.8) is 0 Å². The molecule has 0 fully saturated rings. The van der Waals surface area contributed by atoms with Crippen LogP contribution in [0.3, 0.4) is 0 Å². The van der Waals surface area contributed by atoms with Gasteiger partial charge in [-0.15, -0.1) is 0 Å². The molecule has 0 aromatic heterocycles. The van der Waals surface area contributed by atoms with Gasteiger partial charge >= 0.3 is 0 Å². The lowest BCUT2D eigenvalue weighted by Gasteiger charge is -1.78. The molecule has 0 saturated heterocycles. The van der Waals surface area contributed by atoms with E-state index in [-0.39, 0.29) is 0 Å². The number of hydrogen-bond acceptors (Lipinski definition) is 2. The first-order valence-corrected chi connectivity index (χ1v) is 2.22. The van der Waals surface area contributed by atoms with Gasteiger partial charge in [0.1, 0.15) is 6.79 Å². The van der Waals surface area contributed by atoms with Gasteiger partial charge in [-0.1, -0.05) is 13.8 Å². The number of hydrogen-bond donors (Lipinski definition) is 1. The molecule has 0 rings (SSSR count). The van der Waals surface area contributed by atoms with E-state index >= 15 is 0 Å². The predicted molar refractivity (Wildman–Crippen MR) is 31.2 cm³/mol. The third-order valence-electron chi connectivity index (χ3n) is 0. The quantitative estimate of drug-likeness (QED) is 0.458. The second kappa shape index (κ2) is 8.89. The molecule has 0 saturated carbocycles. The lowest BCUT2D eigenvalue weighted by Crippen LogP contribution is -1.71. The van der Waals surface area contributed by atoms with Crippen LogP contribution in [-0.4, -0.2) is 12.0 Å². The van der Waals surface area contributed by atoms with E-state index < -0.39 is 0 Å². The molecule has 0 aromatic rings. The maximum Gasteiger partial charge on any atom is 0.106 e. The highest BCUT2D eigenvalue weighted by atomic mass is 32.1. The van der Waals surface area contributed by atoms with E-state index in [0.717, 1.165) is 0 Å². The van der Waals surface area contributed by atoms with Crippen molar-refractivity contribution in [1.82, 2.24) is 0 Å². The Morgan fingerprint density at radius 1 is 1.50 bits per heavy atom.